The molecule has 0 saturated carbocycles. The summed E-state index contributed by atoms with van der Waals surface area (Å²) >= 11 is 0. The van der Waals surface area contributed by atoms with E-state index in [1.807, 2.05) is 30.3 Å². The summed E-state index contributed by atoms with van der Waals surface area (Å²) in [6.07, 6.45) is 0.567. The van der Waals surface area contributed by atoms with Crippen molar-refractivity contribution in [3.05, 3.63) is 35.9 Å². The standard InChI is InChI=1S/C10H16NO4P/c11-7-9-15-16(12,13)14-8-6-10-4-2-1-3-5-10/h1-5H,6-9,11H2,(H,12,13). The first-order valence-corrected chi connectivity index (χ1v) is 6.49. The van der Waals surface area contributed by atoms with Crippen molar-refractivity contribution in [3.8, 4) is 0 Å². The van der Waals surface area contributed by atoms with Crippen LogP contribution in [0.25, 0.3) is 0 Å². The van der Waals surface area contributed by atoms with Crippen molar-refractivity contribution < 1.29 is 18.5 Å². The van der Waals surface area contributed by atoms with Gasteiger partial charge in [-0.15, -0.1) is 0 Å². The lowest BCUT2D eigenvalue weighted by Gasteiger charge is -2.11. The molecule has 1 atom stereocenters. The van der Waals surface area contributed by atoms with E-state index in [9.17, 15) is 9.46 Å². The molecule has 0 aliphatic heterocycles. The summed E-state index contributed by atoms with van der Waals surface area (Å²) in [6.45, 7) is 0.341. The molecule has 0 heterocycles. The van der Waals surface area contributed by atoms with Crippen molar-refractivity contribution in [2.45, 2.75) is 6.42 Å². The van der Waals surface area contributed by atoms with Gasteiger partial charge in [0, 0.05) is 6.54 Å². The van der Waals surface area contributed by atoms with Crippen LogP contribution in [0.15, 0.2) is 30.3 Å². The van der Waals surface area contributed by atoms with Crippen LogP contribution < -0.4 is 5.73 Å². The average molecular weight is 245 g/mol. The second kappa shape index (κ2) is 6.78. The van der Waals surface area contributed by atoms with Crippen LogP contribution in [0.1, 0.15) is 5.56 Å². The predicted molar refractivity (Wildman–Crippen MR) is 60.9 cm³/mol. The van der Waals surface area contributed by atoms with Crippen LogP contribution in [0, 0.1) is 0 Å². The highest BCUT2D eigenvalue weighted by Crippen LogP contribution is 2.42. The molecule has 1 unspecified atom stereocenters. The SMILES string of the molecule is NCCOP(=O)(O)OCCc1ccccc1. The van der Waals surface area contributed by atoms with Crippen LogP contribution in [0.2, 0.25) is 0 Å². The van der Waals surface area contributed by atoms with Gasteiger partial charge in [-0.3, -0.25) is 9.05 Å². The third-order valence-electron chi connectivity index (χ3n) is 1.86. The summed E-state index contributed by atoms with van der Waals surface area (Å²) in [5.74, 6) is 0. The zero-order chi connectivity index (χ0) is 11.9. The quantitative estimate of drug-likeness (QED) is 0.708. The minimum atomic E-state index is -3.93. The normalized spacial score (nSPS) is 14.6. The van der Waals surface area contributed by atoms with Crippen LogP contribution in [-0.2, 0) is 20.0 Å². The Morgan fingerprint density at radius 3 is 2.44 bits per heavy atom. The van der Waals surface area contributed by atoms with E-state index < -0.39 is 7.82 Å². The van der Waals surface area contributed by atoms with Gasteiger partial charge in [0.05, 0.1) is 13.2 Å². The molecule has 0 saturated heterocycles. The van der Waals surface area contributed by atoms with Gasteiger partial charge in [-0.1, -0.05) is 30.3 Å². The van der Waals surface area contributed by atoms with Gasteiger partial charge in [-0.25, -0.2) is 4.57 Å². The molecular formula is C10H16NO4P. The molecule has 0 aromatic heterocycles. The van der Waals surface area contributed by atoms with Crippen molar-refractivity contribution in [3.63, 3.8) is 0 Å². The molecule has 0 aliphatic carbocycles. The third-order valence-corrected chi connectivity index (χ3v) is 2.88. The Labute approximate surface area is 94.8 Å². The molecule has 1 aromatic rings. The van der Waals surface area contributed by atoms with Crippen LogP contribution in [-0.4, -0.2) is 24.7 Å². The molecule has 0 bridgehead atoms. The zero-order valence-corrected chi connectivity index (χ0v) is 9.81. The molecule has 90 valence electrons. The zero-order valence-electron chi connectivity index (χ0n) is 8.91. The van der Waals surface area contributed by atoms with Crippen LogP contribution >= 0.6 is 7.82 Å². The first-order valence-electron chi connectivity index (χ1n) is 5.00. The van der Waals surface area contributed by atoms with Gasteiger partial charge in [0.25, 0.3) is 0 Å². The fraction of sp³-hybridized carbons (Fsp3) is 0.400. The van der Waals surface area contributed by atoms with Gasteiger partial charge in [0.1, 0.15) is 0 Å². The number of benzene rings is 1. The van der Waals surface area contributed by atoms with E-state index in [-0.39, 0.29) is 19.8 Å². The summed E-state index contributed by atoms with van der Waals surface area (Å²) in [5.41, 5.74) is 6.19. The fourth-order valence-corrected chi connectivity index (χ4v) is 1.86. The molecular weight excluding hydrogens is 229 g/mol. The lowest BCUT2D eigenvalue weighted by atomic mass is 10.2. The Morgan fingerprint density at radius 2 is 1.81 bits per heavy atom. The Morgan fingerprint density at radius 1 is 1.19 bits per heavy atom. The van der Waals surface area contributed by atoms with Crippen LogP contribution in [0.5, 0.6) is 0 Å². The fourth-order valence-electron chi connectivity index (χ4n) is 1.13. The van der Waals surface area contributed by atoms with Gasteiger partial charge in [-0.2, -0.15) is 0 Å². The summed E-state index contributed by atoms with van der Waals surface area (Å²) in [5, 5.41) is 0. The highest BCUT2D eigenvalue weighted by Gasteiger charge is 2.19. The van der Waals surface area contributed by atoms with E-state index in [1.165, 1.54) is 0 Å². The smallest absolute Gasteiger partial charge is 0.328 e. The van der Waals surface area contributed by atoms with Gasteiger partial charge >= 0.3 is 7.82 Å². The molecule has 1 aromatic carbocycles. The van der Waals surface area contributed by atoms with Crippen LogP contribution in [0.4, 0.5) is 0 Å². The van der Waals surface area contributed by atoms with Crippen molar-refractivity contribution >= 4 is 7.82 Å². The molecule has 0 amide bonds. The largest absolute Gasteiger partial charge is 0.472 e. The first-order chi connectivity index (χ1) is 7.64. The van der Waals surface area contributed by atoms with Crippen LogP contribution in [0.3, 0.4) is 0 Å². The van der Waals surface area contributed by atoms with Gasteiger partial charge in [0.15, 0.2) is 0 Å². The van der Waals surface area contributed by atoms with Crippen molar-refractivity contribution in [1.29, 1.82) is 0 Å². The monoisotopic (exact) mass is 245 g/mol. The van der Waals surface area contributed by atoms with Gasteiger partial charge < -0.3 is 10.6 Å². The van der Waals surface area contributed by atoms with Gasteiger partial charge in [0.2, 0.25) is 0 Å². The highest BCUT2D eigenvalue weighted by atomic mass is 31.2. The molecule has 16 heavy (non-hydrogen) atoms. The minimum absolute atomic E-state index is 0.0130. The van der Waals surface area contributed by atoms with Crippen molar-refractivity contribution in [2.24, 2.45) is 5.73 Å². The molecule has 0 radical (unpaired) electrons. The molecule has 3 N–H and O–H groups in total. The maximum absolute atomic E-state index is 11.2. The minimum Gasteiger partial charge on any atom is -0.328 e. The molecule has 0 aliphatic rings. The molecule has 5 nitrogen and oxygen atoms in total. The molecule has 1 rings (SSSR count). The number of phosphoric acid groups is 1. The summed E-state index contributed by atoms with van der Waals surface area (Å²) in [6, 6.07) is 9.56. The molecule has 0 spiro atoms. The second-order valence-electron chi connectivity index (χ2n) is 3.16. The predicted octanol–water partition coefficient (Wildman–Crippen LogP) is 1.32. The maximum Gasteiger partial charge on any atom is 0.472 e. The second-order valence-corrected chi connectivity index (χ2v) is 4.61. The number of hydrogen-bond donors (Lipinski definition) is 2. The number of hydrogen-bond acceptors (Lipinski definition) is 4. The maximum atomic E-state index is 11.2. The summed E-state index contributed by atoms with van der Waals surface area (Å²) in [7, 11) is -3.93. The lowest BCUT2D eigenvalue weighted by molar-refractivity contribution is 0.154. The van der Waals surface area contributed by atoms with E-state index in [4.69, 9.17) is 10.3 Å². The summed E-state index contributed by atoms with van der Waals surface area (Å²) in [4.78, 5) is 9.18. The van der Waals surface area contributed by atoms with Gasteiger partial charge in [-0.05, 0) is 12.0 Å². The third kappa shape index (κ3) is 5.39. The van der Waals surface area contributed by atoms with Crippen molar-refractivity contribution in [2.75, 3.05) is 19.8 Å². The Kier molecular flexibility index (Phi) is 5.66. The Bertz CT molecular complexity index is 344. The number of rotatable bonds is 7. The first kappa shape index (κ1) is 13.4. The van der Waals surface area contributed by atoms with Crippen molar-refractivity contribution in [1.82, 2.24) is 0 Å². The van der Waals surface area contributed by atoms with E-state index >= 15 is 0 Å². The number of nitrogens with two attached hydrogens (primary N) is 1. The summed E-state index contributed by atoms with van der Waals surface area (Å²) < 4.78 is 20.6. The highest BCUT2D eigenvalue weighted by molar-refractivity contribution is 7.47. The molecule has 6 heteroatoms. The molecule has 0 fully saturated rings. The number of phosphoric ester groups is 1. The van der Waals surface area contributed by atoms with E-state index in [0.717, 1.165) is 5.56 Å². The Hall–Kier alpha value is -0.710. The Balaban J connectivity index is 2.27. The average Bonchev–Trinajstić information content (AvgIpc) is 2.28. The topological polar surface area (TPSA) is 81.8 Å². The lowest BCUT2D eigenvalue weighted by Crippen LogP contribution is -2.08. The van der Waals surface area contributed by atoms with E-state index in [1.54, 1.807) is 0 Å². The van der Waals surface area contributed by atoms with E-state index in [2.05, 4.69) is 4.52 Å². The van der Waals surface area contributed by atoms with E-state index in [0.29, 0.717) is 6.42 Å².